The number of nitrogens with one attached hydrogen (secondary N) is 2. The monoisotopic (exact) mass is 485 g/mol. The Bertz CT molecular complexity index is 1300. The molecule has 1 aliphatic rings. The average molecular weight is 486 g/mol. The summed E-state index contributed by atoms with van der Waals surface area (Å²) in [7, 11) is 4.53. The minimum atomic E-state index is -0.770. The van der Waals surface area contributed by atoms with Crippen LogP contribution in [-0.4, -0.2) is 44.8 Å². The molecule has 0 fully saturated rings. The maximum absolute atomic E-state index is 13.5. The van der Waals surface area contributed by atoms with Crippen molar-refractivity contribution in [1.82, 2.24) is 5.32 Å². The third-order valence-electron chi connectivity index (χ3n) is 5.71. The molecule has 1 aliphatic carbocycles. The summed E-state index contributed by atoms with van der Waals surface area (Å²) in [4.78, 5) is 31.8. The van der Waals surface area contributed by atoms with Crippen LogP contribution < -0.4 is 20.1 Å². The van der Waals surface area contributed by atoms with Gasteiger partial charge in [-0.25, -0.2) is 0 Å². The fourth-order valence-corrected chi connectivity index (χ4v) is 3.97. The van der Waals surface area contributed by atoms with E-state index >= 15 is 0 Å². The van der Waals surface area contributed by atoms with Crippen LogP contribution in [0.2, 0.25) is 0 Å². The number of benzene rings is 3. The Morgan fingerprint density at radius 3 is 2.17 bits per heavy atom. The Hall–Kier alpha value is -4.59. The van der Waals surface area contributed by atoms with Crippen LogP contribution in [0.1, 0.15) is 21.5 Å². The molecule has 0 heterocycles. The number of anilines is 1. The van der Waals surface area contributed by atoms with E-state index in [0.29, 0.717) is 40.4 Å². The summed E-state index contributed by atoms with van der Waals surface area (Å²) in [5.41, 5.74) is 3.34. The van der Waals surface area contributed by atoms with Crippen LogP contribution in [0, 0.1) is 0 Å². The van der Waals surface area contributed by atoms with E-state index in [-0.39, 0.29) is 17.4 Å². The highest BCUT2D eigenvalue weighted by atomic mass is 16.6. The van der Waals surface area contributed by atoms with Crippen molar-refractivity contribution in [1.29, 1.82) is 0 Å². The molecule has 0 saturated carbocycles. The molecule has 0 saturated heterocycles. The summed E-state index contributed by atoms with van der Waals surface area (Å²) in [6.07, 6.45) is 1.95. The molecule has 184 valence electrons. The summed E-state index contributed by atoms with van der Waals surface area (Å²) in [6, 6.07) is 21.1. The van der Waals surface area contributed by atoms with Crippen molar-refractivity contribution in [2.75, 3.05) is 26.6 Å². The van der Waals surface area contributed by atoms with Gasteiger partial charge in [-0.1, -0.05) is 59.8 Å². The van der Waals surface area contributed by atoms with Gasteiger partial charge in [0.15, 0.2) is 0 Å². The van der Waals surface area contributed by atoms with Gasteiger partial charge in [-0.2, -0.15) is 0 Å². The third kappa shape index (κ3) is 5.55. The summed E-state index contributed by atoms with van der Waals surface area (Å²) in [5, 5.41) is 10.1. The Morgan fingerprint density at radius 2 is 1.53 bits per heavy atom. The molecule has 4 rings (SSSR count). The van der Waals surface area contributed by atoms with Crippen molar-refractivity contribution < 1.29 is 23.9 Å². The topological polar surface area (TPSA) is 98.2 Å². The van der Waals surface area contributed by atoms with Crippen molar-refractivity contribution in [2.24, 2.45) is 5.16 Å². The van der Waals surface area contributed by atoms with Crippen molar-refractivity contribution in [3.63, 3.8) is 0 Å². The molecular formula is C28H27N3O5. The highest BCUT2D eigenvalue weighted by Gasteiger charge is 2.28. The quantitative estimate of drug-likeness (QED) is 0.445. The van der Waals surface area contributed by atoms with Crippen LogP contribution in [0.5, 0.6) is 11.5 Å². The fourth-order valence-electron chi connectivity index (χ4n) is 3.97. The van der Waals surface area contributed by atoms with Crippen LogP contribution >= 0.6 is 0 Å². The molecule has 8 nitrogen and oxygen atoms in total. The van der Waals surface area contributed by atoms with Gasteiger partial charge >= 0.3 is 0 Å². The van der Waals surface area contributed by atoms with E-state index in [1.54, 1.807) is 36.4 Å². The lowest BCUT2D eigenvalue weighted by Gasteiger charge is -2.24. The van der Waals surface area contributed by atoms with Crippen LogP contribution in [0.3, 0.4) is 0 Å². The van der Waals surface area contributed by atoms with Gasteiger partial charge in [0.25, 0.3) is 0 Å². The normalized spacial score (nSPS) is 14.4. The molecule has 1 amide bonds. The van der Waals surface area contributed by atoms with E-state index in [2.05, 4.69) is 15.8 Å². The molecule has 0 radical (unpaired) electrons. The number of hydrogen-bond donors (Lipinski definition) is 2. The minimum Gasteiger partial charge on any atom is -0.497 e. The predicted molar refractivity (Wildman–Crippen MR) is 138 cm³/mol. The summed E-state index contributed by atoms with van der Waals surface area (Å²) in [5.74, 6) is 0.528. The number of amides is 1. The van der Waals surface area contributed by atoms with Crippen LogP contribution in [0.15, 0.2) is 89.7 Å². The number of Topliss-reactive ketones (excluding diaryl/α,β-unsaturated/α-hetero) is 1. The smallest absolute Gasteiger partial charge is 0.247 e. The van der Waals surface area contributed by atoms with E-state index < -0.39 is 6.04 Å². The van der Waals surface area contributed by atoms with Gasteiger partial charge in [0.05, 0.1) is 19.9 Å². The third-order valence-corrected chi connectivity index (χ3v) is 5.71. The van der Waals surface area contributed by atoms with E-state index in [1.807, 2.05) is 42.5 Å². The van der Waals surface area contributed by atoms with E-state index in [0.717, 1.165) is 5.56 Å². The molecule has 3 aromatic carbocycles. The zero-order chi connectivity index (χ0) is 25.5. The fraction of sp³-hybridized carbons (Fsp3) is 0.179. The second-order valence-electron chi connectivity index (χ2n) is 8.07. The number of hydrogen-bond acceptors (Lipinski definition) is 7. The number of allylic oxidation sites excluding steroid dienone is 2. The van der Waals surface area contributed by atoms with Crippen LogP contribution in [0.25, 0.3) is 0 Å². The summed E-state index contributed by atoms with van der Waals surface area (Å²) >= 11 is 0. The van der Waals surface area contributed by atoms with E-state index in [9.17, 15) is 9.59 Å². The van der Waals surface area contributed by atoms with Crippen LogP contribution in [-0.2, 0) is 16.1 Å². The number of ketones is 1. The molecule has 36 heavy (non-hydrogen) atoms. The van der Waals surface area contributed by atoms with Crippen LogP contribution in [0.4, 0.5) is 5.69 Å². The molecule has 3 aromatic rings. The van der Waals surface area contributed by atoms with Gasteiger partial charge in [0.2, 0.25) is 11.7 Å². The number of oxime groups is 1. The molecule has 0 aliphatic heterocycles. The van der Waals surface area contributed by atoms with Gasteiger partial charge in [-0.15, -0.1) is 0 Å². The Balaban J connectivity index is 1.66. The van der Waals surface area contributed by atoms with Gasteiger partial charge < -0.3 is 24.9 Å². The minimum absolute atomic E-state index is 0.227. The van der Waals surface area contributed by atoms with Gasteiger partial charge in [-0.05, 0) is 11.6 Å². The molecule has 8 heteroatoms. The Morgan fingerprint density at radius 1 is 0.889 bits per heavy atom. The molecule has 2 N–H and O–H groups in total. The first-order chi connectivity index (χ1) is 17.5. The molecule has 0 bridgehead atoms. The second-order valence-corrected chi connectivity index (χ2v) is 8.07. The molecule has 0 aromatic heterocycles. The number of ether oxygens (including phenoxy) is 2. The number of carbonyl (C=O) groups excluding carboxylic acids is 2. The van der Waals surface area contributed by atoms with Gasteiger partial charge in [0, 0.05) is 41.4 Å². The Kier molecular flexibility index (Phi) is 7.65. The highest BCUT2D eigenvalue weighted by molar-refractivity contribution is 6.26. The zero-order valence-corrected chi connectivity index (χ0v) is 20.3. The van der Waals surface area contributed by atoms with E-state index in [1.165, 1.54) is 21.3 Å². The number of carbonyl (C=O) groups is 2. The lowest BCUT2D eigenvalue weighted by atomic mass is 9.91. The standard InChI is InChI=1S/C28H27N3O5/c1-34-20-14-19(15-21(16-20)35-2)29-28(33)26(13-18-9-5-4-6-10-18)30-25-17-24(31-36-3)22-11-7-8-12-23(22)27(25)32/h4-12,14-17,26,30H,13H2,1-3H3,(H,29,33)/b31-24+. The second kappa shape index (κ2) is 11.2. The number of fused-ring (bicyclic) bond motifs is 1. The van der Waals surface area contributed by atoms with Crippen molar-refractivity contribution >= 4 is 23.1 Å². The SMILES string of the molecule is CO/N=C1\C=C(NC(Cc2ccccc2)C(=O)Nc2cc(OC)cc(OC)c2)C(=O)c2ccccc21. The highest BCUT2D eigenvalue weighted by Crippen LogP contribution is 2.26. The first-order valence-corrected chi connectivity index (χ1v) is 11.3. The maximum atomic E-state index is 13.5. The lowest BCUT2D eigenvalue weighted by Crippen LogP contribution is -2.44. The molecule has 0 spiro atoms. The Labute approximate surface area is 209 Å². The summed E-state index contributed by atoms with van der Waals surface area (Å²) in [6.45, 7) is 0. The van der Waals surface area contributed by atoms with Crippen molar-refractivity contribution in [3.8, 4) is 11.5 Å². The maximum Gasteiger partial charge on any atom is 0.247 e. The van der Waals surface area contributed by atoms with Crippen molar-refractivity contribution in [2.45, 2.75) is 12.5 Å². The predicted octanol–water partition coefficient (Wildman–Crippen LogP) is 3.97. The molecular weight excluding hydrogens is 458 g/mol. The lowest BCUT2D eigenvalue weighted by molar-refractivity contribution is -0.117. The molecule has 1 atom stereocenters. The molecule has 1 unspecified atom stereocenters. The zero-order valence-electron chi connectivity index (χ0n) is 20.3. The summed E-state index contributed by atoms with van der Waals surface area (Å²) < 4.78 is 10.6. The number of methoxy groups -OCH3 is 2. The van der Waals surface area contributed by atoms with Gasteiger partial charge in [-0.3, -0.25) is 9.59 Å². The number of rotatable bonds is 9. The van der Waals surface area contributed by atoms with Crippen molar-refractivity contribution in [3.05, 3.63) is 101 Å². The number of nitrogens with zero attached hydrogens (tertiary/aromatic N) is 1. The van der Waals surface area contributed by atoms with E-state index in [4.69, 9.17) is 14.3 Å². The first kappa shape index (κ1) is 24.5. The average Bonchev–Trinajstić information content (AvgIpc) is 2.91. The largest absolute Gasteiger partial charge is 0.497 e. The van der Waals surface area contributed by atoms with Gasteiger partial charge in [0.1, 0.15) is 30.4 Å². The first-order valence-electron chi connectivity index (χ1n) is 11.3.